The summed E-state index contributed by atoms with van der Waals surface area (Å²) in [6, 6.07) is 15.1. The highest BCUT2D eigenvalue weighted by Gasteiger charge is 2.09. The van der Waals surface area contributed by atoms with Crippen LogP contribution in [0.15, 0.2) is 48.5 Å². The van der Waals surface area contributed by atoms with Crippen LogP contribution in [-0.4, -0.2) is 18.2 Å². The molecule has 4 heteroatoms. The van der Waals surface area contributed by atoms with Crippen molar-refractivity contribution in [2.24, 2.45) is 0 Å². The highest BCUT2D eigenvalue weighted by atomic mass is 16.1. The Kier molecular flexibility index (Phi) is 6.13. The van der Waals surface area contributed by atoms with Gasteiger partial charge in [-0.3, -0.25) is 9.59 Å². The molecule has 0 aliphatic rings. The third kappa shape index (κ3) is 4.95. The Labute approximate surface area is 143 Å². The van der Waals surface area contributed by atoms with Crippen LogP contribution < -0.4 is 10.6 Å². The fraction of sp³-hybridized carbons (Fsp3) is 0.300. The summed E-state index contributed by atoms with van der Waals surface area (Å²) in [6.07, 6.45) is 0.376. The molecule has 2 N–H and O–H groups in total. The lowest BCUT2D eigenvalue weighted by Crippen LogP contribution is -2.17. The SMILES string of the molecule is CC(=O)c1ccc(NCCC(=O)Nc2ccccc2C(C)C)cc1. The Morgan fingerprint density at radius 3 is 2.29 bits per heavy atom. The zero-order valence-corrected chi connectivity index (χ0v) is 14.4. The molecule has 126 valence electrons. The molecule has 2 aromatic carbocycles. The molecule has 0 heterocycles. The van der Waals surface area contributed by atoms with Gasteiger partial charge in [0.1, 0.15) is 0 Å². The predicted molar refractivity (Wildman–Crippen MR) is 98.7 cm³/mol. The molecule has 0 aliphatic carbocycles. The van der Waals surface area contributed by atoms with Crippen LogP contribution in [-0.2, 0) is 4.79 Å². The van der Waals surface area contributed by atoms with E-state index in [1.54, 1.807) is 19.1 Å². The molecule has 0 saturated heterocycles. The summed E-state index contributed by atoms with van der Waals surface area (Å²) in [5.74, 6) is 0.389. The van der Waals surface area contributed by atoms with Crippen LogP contribution in [0.3, 0.4) is 0 Å². The number of ketones is 1. The smallest absolute Gasteiger partial charge is 0.226 e. The van der Waals surface area contributed by atoms with Crippen molar-refractivity contribution in [3.05, 3.63) is 59.7 Å². The molecule has 2 rings (SSSR count). The Hall–Kier alpha value is -2.62. The standard InChI is InChI=1S/C20H24N2O2/c1-14(2)18-6-4-5-7-19(18)22-20(24)12-13-21-17-10-8-16(9-11-17)15(3)23/h4-11,14,21H,12-13H2,1-3H3,(H,22,24). The van der Waals surface area contributed by atoms with Gasteiger partial charge in [0.25, 0.3) is 0 Å². The van der Waals surface area contributed by atoms with Crippen LogP contribution >= 0.6 is 0 Å². The van der Waals surface area contributed by atoms with Gasteiger partial charge in [-0.15, -0.1) is 0 Å². The lowest BCUT2D eigenvalue weighted by molar-refractivity contribution is -0.115. The number of para-hydroxylation sites is 1. The maximum absolute atomic E-state index is 12.1. The van der Waals surface area contributed by atoms with Crippen LogP contribution in [0.1, 0.15) is 49.0 Å². The van der Waals surface area contributed by atoms with Crippen LogP contribution in [0.2, 0.25) is 0 Å². The number of hydrogen-bond acceptors (Lipinski definition) is 3. The third-order valence-corrected chi connectivity index (χ3v) is 3.83. The first kappa shape index (κ1) is 17.7. The van der Waals surface area contributed by atoms with Crippen molar-refractivity contribution in [3.63, 3.8) is 0 Å². The predicted octanol–water partition coefficient (Wildman–Crippen LogP) is 4.45. The van der Waals surface area contributed by atoms with E-state index in [4.69, 9.17) is 0 Å². The van der Waals surface area contributed by atoms with E-state index >= 15 is 0 Å². The van der Waals surface area contributed by atoms with Gasteiger partial charge in [-0.2, -0.15) is 0 Å². The van der Waals surface area contributed by atoms with Gasteiger partial charge in [-0.1, -0.05) is 32.0 Å². The van der Waals surface area contributed by atoms with Crippen molar-refractivity contribution in [1.29, 1.82) is 0 Å². The maximum atomic E-state index is 12.1. The Balaban J connectivity index is 1.84. The summed E-state index contributed by atoms with van der Waals surface area (Å²) in [5, 5.41) is 6.17. The molecule has 0 spiro atoms. The summed E-state index contributed by atoms with van der Waals surface area (Å²) in [7, 11) is 0. The van der Waals surface area contributed by atoms with Crippen molar-refractivity contribution < 1.29 is 9.59 Å². The molecule has 2 aromatic rings. The molecular weight excluding hydrogens is 300 g/mol. The highest BCUT2D eigenvalue weighted by molar-refractivity contribution is 5.94. The molecule has 0 bridgehead atoms. The van der Waals surface area contributed by atoms with Crippen LogP contribution in [0.4, 0.5) is 11.4 Å². The number of carbonyl (C=O) groups is 2. The maximum Gasteiger partial charge on any atom is 0.226 e. The largest absolute Gasteiger partial charge is 0.385 e. The summed E-state index contributed by atoms with van der Waals surface area (Å²) in [4.78, 5) is 23.4. The van der Waals surface area contributed by atoms with Gasteiger partial charge in [0.05, 0.1) is 0 Å². The van der Waals surface area contributed by atoms with Gasteiger partial charge < -0.3 is 10.6 Å². The Morgan fingerprint density at radius 1 is 1.00 bits per heavy atom. The summed E-state index contributed by atoms with van der Waals surface area (Å²) < 4.78 is 0. The minimum Gasteiger partial charge on any atom is -0.385 e. The van der Waals surface area contributed by atoms with E-state index < -0.39 is 0 Å². The van der Waals surface area contributed by atoms with Crippen molar-refractivity contribution in [1.82, 2.24) is 0 Å². The molecular formula is C20H24N2O2. The second-order valence-corrected chi connectivity index (χ2v) is 6.10. The normalized spacial score (nSPS) is 10.5. The van der Waals surface area contributed by atoms with E-state index in [0.717, 1.165) is 16.9 Å². The van der Waals surface area contributed by atoms with Crippen LogP contribution in [0.5, 0.6) is 0 Å². The number of Topliss-reactive ketones (excluding diaryl/α,β-unsaturated/α-hetero) is 1. The number of amides is 1. The molecule has 0 unspecified atom stereocenters. The number of anilines is 2. The van der Waals surface area contributed by atoms with Crippen LogP contribution in [0, 0.1) is 0 Å². The third-order valence-electron chi connectivity index (χ3n) is 3.83. The average Bonchev–Trinajstić information content (AvgIpc) is 2.55. The Morgan fingerprint density at radius 2 is 1.67 bits per heavy atom. The molecule has 0 radical (unpaired) electrons. The molecule has 4 nitrogen and oxygen atoms in total. The van der Waals surface area contributed by atoms with E-state index in [2.05, 4.69) is 24.5 Å². The number of rotatable bonds is 7. The van der Waals surface area contributed by atoms with Gasteiger partial charge in [0.15, 0.2) is 5.78 Å². The first-order valence-electron chi connectivity index (χ1n) is 8.21. The van der Waals surface area contributed by atoms with Crippen molar-refractivity contribution in [2.45, 2.75) is 33.1 Å². The first-order valence-corrected chi connectivity index (χ1v) is 8.21. The van der Waals surface area contributed by atoms with E-state index in [1.165, 1.54) is 0 Å². The van der Waals surface area contributed by atoms with Crippen molar-refractivity contribution >= 4 is 23.1 Å². The fourth-order valence-electron chi connectivity index (χ4n) is 2.47. The van der Waals surface area contributed by atoms with Gasteiger partial charge in [0, 0.05) is 29.9 Å². The summed E-state index contributed by atoms with van der Waals surface area (Å²) in [5.41, 5.74) is 3.60. The lowest BCUT2D eigenvalue weighted by atomic mass is 10.0. The van der Waals surface area contributed by atoms with Gasteiger partial charge >= 0.3 is 0 Å². The molecule has 0 saturated carbocycles. The first-order chi connectivity index (χ1) is 11.5. The second kappa shape index (κ2) is 8.29. The molecule has 1 amide bonds. The van der Waals surface area contributed by atoms with Gasteiger partial charge in [-0.05, 0) is 48.7 Å². The number of nitrogens with one attached hydrogen (secondary N) is 2. The average molecular weight is 324 g/mol. The van der Waals surface area contributed by atoms with Crippen molar-refractivity contribution in [3.8, 4) is 0 Å². The van der Waals surface area contributed by atoms with Crippen LogP contribution in [0.25, 0.3) is 0 Å². The van der Waals surface area contributed by atoms with E-state index in [0.29, 0.717) is 24.4 Å². The highest BCUT2D eigenvalue weighted by Crippen LogP contribution is 2.23. The van der Waals surface area contributed by atoms with Gasteiger partial charge in [0.2, 0.25) is 5.91 Å². The number of hydrogen-bond donors (Lipinski definition) is 2. The van der Waals surface area contributed by atoms with E-state index in [1.807, 2.05) is 36.4 Å². The lowest BCUT2D eigenvalue weighted by Gasteiger charge is -2.14. The van der Waals surface area contributed by atoms with E-state index in [9.17, 15) is 9.59 Å². The molecule has 0 aromatic heterocycles. The quantitative estimate of drug-likeness (QED) is 0.740. The monoisotopic (exact) mass is 324 g/mol. The van der Waals surface area contributed by atoms with E-state index in [-0.39, 0.29) is 11.7 Å². The molecule has 0 fully saturated rings. The fourth-order valence-corrected chi connectivity index (χ4v) is 2.47. The zero-order chi connectivity index (χ0) is 17.5. The summed E-state index contributed by atoms with van der Waals surface area (Å²) in [6.45, 7) is 6.30. The minimum absolute atomic E-state index is 0.0176. The Bertz CT molecular complexity index is 706. The number of carbonyl (C=O) groups excluding carboxylic acids is 2. The minimum atomic E-state index is -0.0176. The molecule has 24 heavy (non-hydrogen) atoms. The van der Waals surface area contributed by atoms with Gasteiger partial charge in [-0.25, -0.2) is 0 Å². The second-order valence-electron chi connectivity index (χ2n) is 6.10. The zero-order valence-electron chi connectivity index (χ0n) is 14.4. The molecule has 0 atom stereocenters. The number of benzene rings is 2. The van der Waals surface area contributed by atoms with Crippen molar-refractivity contribution in [2.75, 3.05) is 17.2 Å². The molecule has 0 aliphatic heterocycles. The topological polar surface area (TPSA) is 58.2 Å². The summed E-state index contributed by atoms with van der Waals surface area (Å²) >= 11 is 0.